The van der Waals surface area contributed by atoms with Crippen LogP contribution in [-0.4, -0.2) is 38.9 Å². The Labute approximate surface area is 277 Å². The van der Waals surface area contributed by atoms with Crippen molar-refractivity contribution < 1.29 is 29.3 Å². The number of carbonyl (C=O) groups excluding carboxylic acids is 1. The topological polar surface area (TPSA) is 118 Å². The lowest BCUT2D eigenvalue weighted by Crippen LogP contribution is -2.31. The molecule has 0 spiro atoms. The van der Waals surface area contributed by atoms with Gasteiger partial charge >= 0.3 is 5.97 Å². The minimum atomic E-state index is -1.02. The highest BCUT2D eigenvalue weighted by Crippen LogP contribution is 2.40. The van der Waals surface area contributed by atoms with Gasteiger partial charge in [0.1, 0.15) is 5.03 Å². The van der Waals surface area contributed by atoms with Gasteiger partial charge in [-0.3, -0.25) is 4.79 Å². The third-order valence-electron chi connectivity index (χ3n) is 8.01. The third-order valence-corrected chi connectivity index (χ3v) is 9.15. The molecule has 0 radical (unpaired) electrons. The first-order valence-corrected chi connectivity index (χ1v) is 16.3. The largest absolute Gasteiger partial charge is 0.478 e. The van der Waals surface area contributed by atoms with Crippen LogP contribution in [0.1, 0.15) is 61.8 Å². The number of hydrogen-bond acceptors (Lipinski definition) is 7. The average molecular weight is 647 g/mol. The molecule has 238 valence electrons. The van der Waals surface area contributed by atoms with Gasteiger partial charge in [0.25, 0.3) is 5.91 Å². The Bertz CT molecular complexity index is 1820. The van der Waals surface area contributed by atoms with Crippen molar-refractivity contribution in [2.24, 2.45) is 0 Å². The summed E-state index contributed by atoms with van der Waals surface area (Å²) >= 11 is 1.35. The summed E-state index contributed by atoms with van der Waals surface area (Å²) in [5.74, 6) is -0.658. The number of aromatic nitrogens is 1. The number of nitrogens with zero attached hydrogens (tertiary/aromatic N) is 1. The summed E-state index contributed by atoms with van der Waals surface area (Å²) in [5.41, 5.74) is 6.41. The molecule has 1 amide bonds. The maximum absolute atomic E-state index is 12.7. The van der Waals surface area contributed by atoms with Crippen LogP contribution in [0.4, 0.5) is 0 Å². The van der Waals surface area contributed by atoms with Crippen molar-refractivity contribution >= 4 is 23.6 Å². The zero-order valence-corrected chi connectivity index (χ0v) is 26.3. The molecule has 1 saturated heterocycles. The molecule has 0 unspecified atom stereocenters. The van der Waals surface area contributed by atoms with Crippen LogP contribution in [0.3, 0.4) is 0 Å². The molecule has 1 aliphatic heterocycles. The van der Waals surface area contributed by atoms with Crippen molar-refractivity contribution in [3.63, 3.8) is 0 Å². The summed E-state index contributed by atoms with van der Waals surface area (Å²) in [6.45, 7) is 0.345. The Kier molecular flexibility index (Phi) is 10.4. The van der Waals surface area contributed by atoms with Crippen LogP contribution in [0.15, 0.2) is 126 Å². The van der Waals surface area contributed by atoms with Gasteiger partial charge < -0.3 is 25.0 Å². The van der Waals surface area contributed by atoms with E-state index in [2.05, 4.69) is 10.3 Å². The van der Waals surface area contributed by atoms with E-state index in [9.17, 15) is 19.8 Å². The molecule has 0 saturated carbocycles. The molecule has 3 atom stereocenters. The van der Waals surface area contributed by atoms with Gasteiger partial charge in [-0.2, -0.15) is 0 Å². The Morgan fingerprint density at radius 1 is 0.830 bits per heavy atom. The van der Waals surface area contributed by atoms with Gasteiger partial charge in [0.2, 0.25) is 0 Å². The number of aromatic carboxylic acids is 1. The lowest BCUT2D eigenvalue weighted by molar-refractivity contribution is -0.245. The van der Waals surface area contributed by atoms with E-state index in [1.54, 1.807) is 30.5 Å². The predicted molar refractivity (Wildman–Crippen MR) is 180 cm³/mol. The molecule has 1 aromatic heterocycles. The van der Waals surface area contributed by atoms with Crippen molar-refractivity contribution in [3.05, 3.63) is 155 Å². The number of rotatable bonds is 11. The molecule has 4 aromatic carbocycles. The lowest BCUT2D eigenvalue weighted by Gasteiger charge is -2.36. The van der Waals surface area contributed by atoms with Crippen molar-refractivity contribution in [2.45, 2.75) is 43.1 Å². The number of carbonyl (C=O) groups is 2. The number of carboxylic acids is 1. The predicted octanol–water partition coefficient (Wildman–Crippen LogP) is 7.21. The molecular formula is C38H34N2O6S. The number of pyridine rings is 1. The molecule has 3 N–H and O–H groups in total. The number of thioether (sulfide) groups is 1. The highest BCUT2D eigenvalue weighted by molar-refractivity contribution is 7.99. The molecule has 9 heteroatoms. The van der Waals surface area contributed by atoms with Crippen LogP contribution >= 0.6 is 11.8 Å². The first kappa shape index (κ1) is 32.2. The summed E-state index contributed by atoms with van der Waals surface area (Å²) in [4.78, 5) is 28.7. The number of amides is 1. The number of nitrogens with one attached hydrogen (secondary N) is 1. The first-order valence-electron chi connectivity index (χ1n) is 15.3. The zero-order valence-electron chi connectivity index (χ0n) is 25.5. The molecule has 0 aliphatic carbocycles. The number of aliphatic hydroxyl groups is 1. The standard InChI is InChI=1S/C38H34N2O6S/c41-23-25-12-14-27(15-13-25)34-21-31(24-47-36-33(37(43)44)11-6-20-39-36)45-38(46-34)29-18-16-26(17-19-29)32-10-5-4-9-30(32)22-40-35(42)28-7-2-1-3-8-28/h1-20,31,34,38,41H,21-24H2,(H,40,42)(H,43,44)/t31-,34+,38+/m1/s1. The number of aliphatic hydroxyl groups excluding tert-OH is 1. The molecule has 1 aliphatic rings. The van der Waals surface area contributed by atoms with Gasteiger partial charge in [-0.1, -0.05) is 91.0 Å². The van der Waals surface area contributed by atoms with Gasteiger partial charge in [-0.05, 0) is 52.1 Å². The Morgan fingerprint density at radius 2 is 1.55 bits per heavy atom. The fraction of sp³-hybridized carbons (Fsp3) is 0.184. The van der Waals surface area contributed by atoms with Gasteiger partial charge in [0, 0.05) is 36.0 Å². The average Bonchev–Trinajstić information content (AvgIpc) is 3.13. The van der Waals surface area contributed by atoms with Gasteiger partial charge in [0.05, 0.1) is 24.4 Å². The smallest absolute Gasteiger partial charge is 0.338 e. The number of carboxylic acid groups (broad SMARTS) is 1. The van der Waals surface area contributed by atoms with E-state index in [4.69, 9.17) is 9.47 Å². The third kappa shape index (κ3) is 7.96. The van der Waals surface area contributed by atoms with E-state index in [0.29, 0.717) is 29.3 Å². The minimum absolute atomic E-state index is 0.0400. The summed E-state index contributed by atoms with van der Waals surface area (Å²) in [6, 6.07) is 36.0. The van der Waals surface area contributed by atoms with Crippen LogP contribution in [0.25, 0.3) is 11.1 Å². The quantitative estimate of drug-likeness (QED) is 0.129. The molecule has 5 aromatic rings. The van der Waals surface area contributed by atoms with E-state index >= 15 is 0 Å². The molecule has 0 bridgehead atoms. The van der Waals surface area contributed by atoms with Crippen LogP contribution < -0.4 is 5.32 Å². The van der Waals surface area contributed by atoms with Crippen molar-refractivity contribution in [2.75, 3.05) is 5.75 Å². The Morgan fingerprint density at radius 3 is 2.30 bits per heavy atom. The molecule has 1 fully saturated rings. The highest BCUT2D eigenvalue weighted by atomic mass is 32.2. The highest BCUT2D eigenvalue weighted by Gasteiger charge is 2.32. The minimum Gasteiger partial charge on any atom is -0.478 e. The second kappa shape index (κ2) is 15.2. The maximum atomic E-state index is 12.7. The van der Waals surface area contributed by atoms with Gasteiger partial charge in [-0.15, -0.1) is 11.8 Å². The maximum Gasteiger partial charge on any atom is 0.338 e. The zero-order chi connectivity index (χ0) is 32.6. The fourth-order valence-electron chi connectivity index (χ4n) is 5.51. The van der Waals surface area contributed by atoms with E-state index in [0.717, 1.165) is 33.4 Å². The van der Waals surface area contributed by atoms with Crippen molar-refractivity contribution in [3.8, 4) is 11.1 Å². The first-order chi connectivity index (χ1) is 23.0. The molecule has 6 rings (SSSR count). The molecule has 47 heavy (non-hydrogen) atoms. The summed E-state index contributed by atoms with van der Waals surface area (Å²) in [7, 11) is 0. The second-order valence-electron chi connectivity index (χ2n) is 11.2. The van der Waals surface area contributed by atoms with Crippen LogP contribution in [0.5, 0.6) is 0 Å². The Balaban J connectivity index is 1.20. The monoisotopic (exact) mass is 646 g/mol. The van der Waals surface area contributed by atoms with E-state index in [1.807, 2.05) is 91.0 Å². The Hall–Kier alpha value is -4.80. The normalized spacial score (nSPS) is 17.6. The second-order valence-corrected chi connectivity index (χ2v) is 12.2. The summed E-state index contributed by atoms with van der Waals surface area (Å²) < 4.78 is 13.0. The van der Waals surface area contributed by atoms with Gasteiger partial charge in [-0.25, -0.2) is 9.78 Å². The van der Waals surface area contributed by atoms with Crippen molar-refractivity contribution in [1.82, 2.24) is 10.3 Å². The SMILES string of the molecule is O=C(NCc1ccccc1-c1ccc([C@H]2O[C@@H](CSc3ncccc3C(=O)O)C[C@@H](c3ccc(CO)cc3)O2)cc1)c1ccccc1. The van der Waals surface area contributed by atoms with Crippen molar-refractivity contribution in [1.29, 1.82) is 0 Å². The van der Waals surface area contributed by atoms with E-state index in [-0.39, 0.29) is 30.3 Å². The number of hydrogen-bond donors (Lipinski definition) is 3. The summed E-state index contributed by atoms with van der Waals surface area (Å²) in [6.07, 6.45) is 0.971. The molecule has 2 heterocycles. The number of benzene rings is 4. The van der Waals surface area contributed by atoms with Gasteiger partial charge in [0.15, 0.2) is 6.29 Å². The van der Waals surface area contributed by atoms with Crippen LogP contribution in [0.2, 0.25) is 0 Å². The molecule has 8 nitrogen and oxygen atoms in total. The fourth-order valence-corrected chi connectivity index (χ4v) is 6.51. The van der Waals surface area contributed by atoms with E-state index < -0.39 is 12.3 Å². The van der Waals surface area contributed by atoms with Crippen LogP contribution in [0, 0.1) is 0 Å². The van der Waals surface area contributed by atoms with E-state index in [1.165, 1.54) is 11.8 Å². The van der Waals surface area contributed by atoms with Crippen LogP contribution in [-0.2, 0) is 22.6 Å². The molecular weight excluding hydrogens is 612 g/mol. The lowest BCUT2D eigenvalue weighted by atomic mass is 9.97. The summed E-state index contributed by atoms with van der Waals surface area (Å²) in [5, 5.41) is 22.6. The number of ether oxygens (including phenoxy) is 2.